The fourth-order valence-electron chi connectivity index (χ4n) is 2.83. The predicted octanol–water partition coefficient (Wildman–Crippen LogP) is 2.83. The molecule has 0 aliphatic carbocycles. The zero-order chi connectivity index (χ0) is 19.6. The van der Waals surface area contributed by atoms with Crippen molar-refractivity contribution in [2.75, 3.05) is 20.2 Å². The van der Waals surface area contributed by atoms with Crippen LogP contribution in [0.5, 0.6) is 5.75 Å². The average Bonchev–Trinajstić information content (AvgIpc) is 2.72. The van der Waals surface area contributed by atoms with Crippen LogP contribution in [0.25, 0.3) is 0 Å². The minimum absolute atomic E-state index is 0.0956. The van der Waals surface area contributed by atoms with E-state index in [1.165, 1.54) is 5.56 Å². The van der Waals surface area contributed by atoms with E-state index in [9.17, 15) is 9.59 Å². The number of hydrogen-bond donors (Lipinski definition) is 1. The van der Waals surface area contributed by atoms with Gasteiger partial charge in [0, 0.05) is 13.6 Å². The molecule has 2 aromatic rings. The second-order valence-electron chi connectivity index (χ2n) is 6.40. The number of nitrogens with zero attached hydrogens (tertiary/aromatic N) is 1. The van der Waals surface area contributed by atoms with Crippen molar-refractivity contribution in [1.29, 1.82) is 0 Å². The quantitative estimate of drug-likeness (QED) is 0.740. The molecular formula is C22H28N2O3. The molecule has 0 aliphatic rings. The first-order valence-corrected chi connectivity index (χ1v) is 9.31. The molecule has 0 aromatic heterocycles. The van der Waals surface area contributed by atoms with Crippen molar-refractivity contribution in [3.8, 4) is 5.75 Å². The van der Waals surface area contributed by atoms with Crippen molar-refractivity contribution in [3.63, 3.8) is 0 Å². The second-order valence-corrected chi connectivity index (χ2v) is 6.40. The average molecular weight is 368 g/mol. The lowest BCUT2D eigenvalue weighted by molar-refractivity contribution is -0.141. The van der Waals surface area contributed by atoms with Crippen LogP contribution in [0.15, 0.2) is 54.6 Å². The van der Waals surface area contributed by atoms with Crippen LogP contribution in [-0.4, -0.2) is 43.0 Å². The monoisotopic (exact) mass is 368 g/mol. The van der Waals surface area contributed by atoms with Crippen molar-refractivity contribution >= 4 is 11.8 Å². The van der Waals surface area contributed by atoms with E-state index in [0.29, 0.717) is 18.7 Å². The fourth-order valence-corrected chi connectivity index (χ4v) is 2.83. The van der Waals surface area contributed by atoms with Gasteiger partial charge in [0.05, 0.1) is 0 Å². The number of ether oxygens (including phenoxy) is 1. The van der Waals surface area contributed by atoms with E-state index < -0.39 is 6.04 Å². The van der Waals surface area contributed by atoms with E-state index in [4.69, 9.17) is 4.74 Å². The number of likely N-dealkylation sites (N-methyl/N-ethyl adjacent to an activating group) is 1. The van der Waals surface area contributed by atoms with Crippen LogP contribution in [-0.2, 0) is 22.4 Å². The Hall–Kier alpha value is -2.82. The highest BCUT2D eigenvalue weighted by Gasteiger charge is 2.25. The van der Waals surface area contributed by atoms with Gasteiger partial charge in [0.1, 0.15) is 11.8 Å². The molecular weight excluding hydrogens is 340 g/mol. The van der Waals surface area contributed by atoms with Crippen LogP contribution in [0.4, 0.5) is 0 Å². The summed E-state index contributed by atoms with van der Waals surface area (Å²) in [5.41, 5.74) is 2.34. The number of carbonyl (C=O) groups excluding carboxylic acids is 2. The summed E-state index contributed by atoms with van der Waals surface area (Å²) in [6, 6.07) is 17.1. The molecule has 0 bridgehead atoms. The maximum Gasteiger partial charge on any atom is 0.261 e. The third-order valence-electron chi connectivity index (χ3n) is 4.59. The minimum Gasteiger partial charge on any atom is -0.484 e. The summed E-state index contributed by atoms with van der Waals surface area (Å²) in [6.45, 7) is 4.18. The molecule has 1 unspecified atom stereocenters. The van der Waals surface area contributed by atoms with Gasteiger partial charge in [0.2, 0.25) is 5.91 Å². The molecule has 5 nitrogen and oxygen atoms in total. The molecule has 1 atom stereocenters. The fraction of sp³-hybridized carbons (Fsp3) is 0.364. The molecule has 2 amide bonds. The van der Waals surface area contributed by atoms with Crippen LogP contribution >= 0.6 is 0 Å². The molecule has 2 aromatic carbocycles. The first-order valence-electron chi connectivity index (χ1n) is 9.31. The van der Waals surface area contributed by atoms with Crippen LogP contribution in [0, 0.1) is 0 Å². The zero-order valence-electron chi connectivity index (χ0n) is 16.3. The van der Waals surface area contributed by atoms with Gasteiger partial charge in [0.25, 0.3) is 5.91 Å². The van der Waals surface area contributed by atoms with Gasteiger partial charge >= 0.3 is 0 Å². The smallest absolute Gasteiger partial charge is 0.261 e. The summed E-state index contributed by atoms with van der Waals surface area (Å²) >= 11 is 0. The maximum atomic E-state index is 12.7. The minimum atomic E-state index is -0.558. The number of benzene rings is 2. The van der Waals surface area contributed by atoms with Gasteiger partial charge < -0.3 is 15.0 Å². The number of aryl methyl sites for hydroxylation is 1. The van der Waals surface area contributed by atoms with Gasteiger partial charge in [-0.15, -0.1) is 0 Å². The molecule has 1 N–H and O–H groups in total. The predicted molar refractivity (Wildman–Crippen MR) is 107 cm³/mol. The van der Waals surface area contributed by atoms with Gasteiger partial charge in [0.15, 0.2) is 6.61 Å². The molecule has 0 aliphatic heterocycles. The summed E-state index contributed by atoms with van der Waals surface area (Å²) in [7, 11) is 1.57. The highest BCUT2D eigenvalue weighted by molar-refractivity contribution is 5.87. The van der Waals surface area contributed by atoms with Gasteiger partial charge in [-0.2, -0.15) is 0 Å². The van der Waals surface area contributed by atoms with Gasteiger partial charge in [-0.3, -0.25) is 9.59 Å². The van der Waals surface area contributed by atoms with Crippen LogP contribution in [0.1, 0.15) is 25.0 Å². The van der Waals surface area contributed by atoms with Crippen molar-refractivity contribution in [3.05, 3.63) is 65.7 Å². The Morgan fingerprint density at radius 3 is 2.30 bits per heavy atom. The van der Waals surface area contributed by atoms with Gasteiger partial charge in [-0.25, -0.2) is 0 Å². The highest BCUT2D eigenvalue weighted by Crippen LogP contribution is 2.13. The van der Waals surface area contributed by atoms with Crippen LogP contribution in [0.2, 0.25) is 0 Å². The number of rotatable bonds is 9. The van der Waals surface area contributed by atoms with Crippen molar-refractivity contribution in [2.24, 2.45) is 0 Å². The lowest BCUT2D eigenvalue weighted by Gasteiger charge is -2.28. The van der Waals surface area contributed by atoms with E-state index in [-0.39, 0.29) is 18.4 Å². The maximum absolute atomic E-state index is 12.7. The molecule has 2 rings (SSSR count). The Kier molecular flexibility index (Phi) is 7.86. The Balaban J connectivity index is 2.01. The Bertz CT molecular complexity index is 729. The Morgan fingerprint density at radius 1 is 1.04 bits per heavy atom. The number of carbonyl (C=O) groups is 2. The van der Waals surface area contributed by atoms with E-state index in [0.717, 1.165) is 12.0 Å². The summed E-state index contributed by atoms with van der Waals surface area (Å²) in [5, 5.41) is 2.61. The number of amides is 2. The Morgan fingerprint density at radius 2 is 1.70 bits per heavy atom. The summed E-state index contributed by atoms with van der Waals surface area (Å²) in [5.74, 6) is 0.251. The first kappa shape index (κ1) is 20.5. The topological polar surface area (TPSA) is 58.6 Å². The first-order chi connectivity index (χ1) is 13.0. The SMILES string of the molecule is CCc1ccc(OCC(=O)N(CCc2ccccc2)C(C)C(=O)NC)cc1. The third kappa shape index (κ3) is 6.13. The molecule has 0 fully saturated rings. The van der Waals surface area contributed by atoms with E-state index >= 15 is 0 Å². The van der Waals surface area contributed by atoms with Crippen molar-refractivity contribution in [2.45, 2.75) is 32.7 Å². The molecule has 0 saturated heterocycles. The van der Waals surface area contributed by atoms with E-state index in [2.05, 4.69) is 12.2 Å². The van der Waals surface area contributed by atoms with Crippen LogP contribution < -0.4 is 10.1 Å². The van der Waals surface area contributed by atoms with Crippen molar-refractivity contribution < 1.29 is 14.3 Å². The standard InChI is InChI=1S/C22H28N2O3/c1-4-18-10-12-20(13-11-18)27-16-21(25)24(17(2)22(26)23-3)15-14-19-8-6-5-7-9-19/h5-13,17H,4,14-16H2,1-3H3,(H,23,26). The summed E-state index contributed by atoms with van der Waals surface area (Å²) in [6.07, 6.45) is 1.63. The summed E-state index contributed by atoms with van der Waals surface area (Å²) in [4.78, 5) is 26.4. The lowest BCUT2D eigenvalue weighted by Crippen LogP contribution is -2.49. The van der Waals surface area contributed by atoms with Gasteiger partial charge in [-0.05, 0) is 43.0 Å². The lowest BCUT2D eigenvalue weighted by atomic mass is 10.1. The Labute approximate surface area is 161 Å². The summed E-state index contributed by atoms with van der Waals surface area (Å²) < 4.78 is 5.64. The molecule has 0 heterocycles. The largest absolute Gasteiger partial charge is 0.484 e. The van der Waals surface area contributed by atoms with E-state index in [1.807, 2.05) is 54.6 Å². The number of hydrogen-bond acceptors (Lipinski definition) is 3. The van der Waals surface area contributed by atoms with Gasteiger partial charge in [-0.1, -0.05) is 49.4 Å². The normalized spacial score (nSPS) is 11.5. The molecule has 0 radical (unpaired) electrons. The van der Waals surface area contributed by atoms with E-state index in [1.54, 1.807) is 18.9 Å². The third-order valence-corrected chi connectivity index (χ3v) is 4.59. The highest BCUT2D eigenvalue weighted by atomic mass is 16.5. The second kappa shape index (κ2) is 10.4. The molecule has 144 valence electrons. The van der Waals surface area contributed by atoms with Crippen LogP contribution in [0.3, 0.4) is 0 Å². The molecule has 5 heteroatoms. The molecule has 0 saturated carbocycles. The number of nitrogens with one attached hydrogen (secondary N) is 1. The molecule has 27 heavy (non-hydrogen) atoms. The zero-order valence-corrected chi connectivity index (χ0v) is 16.3. The van der Waals surface area contributed by atoms with Crippen molar-refractivity contribution in [1.82, 2.24) is 10.2 Å². The molecule has 0 spiro atoms.